The third-order valence-corrected chi connectivity index (χ3v) is 5.20. The van der Waals surface area contributed by atoms with Gasteiger partial charge in [-0.05, 0) is 62.3 Å². The summed E-state index contributed by atoms with van der Waals surface area (Å²) in [6.45, 7) is 4.97. The first-order valence-corrected chi connectivity index (χ1v) is 8.79. The van der Waals surface area contributed by atoms with Gasteiger partial charge in [0.25, 0.3) is 0 Å². The summed E-state index contributed by atoms with van der Waals surface area (Å²) in [4.78, 5) is 26.3. The molecule has 1 aromatic rings. The number of carbonyl (C=O) groups is 2. The van der Waals surface area contributed by atoms with Gasteiger partial charge in [-0.2, -0.15) is 0 Å². The van der Waals surface area contributed by atoms with E-state index in [0.29, 0.717) is 25.4 Å². The quantitative estimate of drug-likeness (QED) is 0.837. The molecule has 0 radical (unpaired) electrons. The number of aryl methyl sites for hydroxylation is 2. The van der Waals surface area contributed by atoms with Crippen molar-refractivity contribution in [3.63, 3.8) is 0 Å². The molecule has 2 fully saturated rings. The second-order valence-electron chi connectivity index (χ2n) is 7.16. The molecule has 1 aliphatic carbocycles. The van der Waals surface area contributed by atoms with Crippen LogP contribution in [-0.2, 0) is 9.59 Å². The Labute approximate surface area is 143 Å². The number of aliphatic hydroxyl groups excluding tert-OH is 1. The van der Waals surface area contributed by atoms with Crippen LogP contribution in [0.4, 0.5) is 5.69 Å². The third kappa shape index (κ3) is 3.78. The second kappa shape index (κ2) is 6.93. The molecule has 5 heteroatoms. The molecule has 1 aromatic carbocycles. The van der Waals surface area contributed by atoms with Gasteiger partial charge in [-0.3, -0.25) is 9.59 Å². The summed E-state index contributed by atoms with van der Waals surface area (Å²) in [7, 11) is 0. The Balaban J connectivity index is 1.53. The Kier molecular flexibility index (Phi) is 4.90. The third-order valence-electron chi connectivity index (χ3n) is 5.20. The predicted octanol–water partition coefficient (Wildman–Crippen LogP) is 1.93. The highest BCUT2D eigenvalue weighted by Crippen LogP contribution is 2.33. The van der Waals surface area contributed by atoms with Gasteiger partial charge in [0, 0.05) is 25.2 Å². The number of anilines is 1. The van der Waals surface area contributed by atoms with Crippen molar-refractivity contribution in [3.05, 3.63) is 29.3 Å². The summed E-state index contributed by atoms with van der Waals surface area (Å²) >= 11 is 0. The van der Waals surface area contributed by atoms with E-state index < -0.39 is 0 Å². The summed E-state index contributed by atoms with van der Waals surface area (Å²) in [6.07, 6.45) is 2.73. The lowest BCUT2D eigenvalue weighted by Crippen LogP contribution is -2.34. The van der Waals surface area contributed by atoms with Gasteiger partial charge in [-0.15, -0.1) is 0 Å². The van der Waals surface area contributed by atoms with Gasteiger partial charge >= 0.3 is 0 Å². The van der Waals surface area contributed by atoms with Crippen molar-refractivity contribution < 1.29 is 14.7 Å². The van der Waals surface area contributed by atoms with Crippen molar-refractivity contribution in [2.75, 3.05) is 18.0 Å². The van der Waals surface area contributed by atoms with Crippen molar-refractivity contribution in [2.45, 2.75) is 45.6 Å². The predicted molar refractivity (Wildman–Crippen MR) is 92.7 cm³/mol. The fourth-order valence-corrected chi connectivity index (χ4v) is 3.23. The molecule has 2 N–H and O–H groups in total. The maximum atomic E-state index is 12.3. The first-order chi connectivity index (χ1) is 11.5. The Bertz CT molecular complexity index is 639. The van der Waals surface area contributed by atoms with E-state index >= 15 is 0 Å². The highest BCUT2D eigenvalue weighted by Gasteiger charge is 2.35. The van der Waals surface area contributed by atoms with Crippen molar-refractivity contribution in [3.8, 4) is 0 Å². The van der Waals surface area contributed by atoms with Crippen LogP contribution in [0.1, 0.15) is 36.8 Å². The zero-order valence-electron chi connectivity index (χ0n) is 14.4. The number of hydrogen-bond acceptors (Lipinski definition) is 3. The van der Waals surface area contributed by atoms with E-state index in [2.05, 4.69) is 5.32 Å². The largest absolute Gasteiger partial charge is 0.393 e. The number of rotatable bonds is 6. The van der Waals surface area contributed by atoms with Crippen LogP contribution in [-0.4, -0.2) is 36.1 Å². The van der Waals surface area contributed by atoms with Crippen LogP contribution in [0.25, 0.3) is 0 Å². The fraction of sp³-hybridized carbons (Fsp3) is 0.579. The zero-order chi connectivity index (χ0) is 17.3. The van der Waals surface area contributed by atoms with Gasteiger partial charge in [-0.1, -0.05) is 6.07 Å². The topological polar surface area (TPSA) is 69.6 Å². The molecule has 24 heavy (non-hydrogen) atoms. The van der Waals surface area contributed by atoms with Crippen LogP contribution in [0.2, 0.25) is 0 Å². The summed E-state index contributed by atoms with van der Waals surface area (Å²) in [5, 5.41) is 12.7. The lowest BCUT2D eigenvalue weighted by atomic mass is 10.1. The molecule has 2 amide bonds. The average Bonchev–Trinajstić information content (AvgIpc) is 3.32. The van der Waals surface area contributed by atoms with E-state index in [1.54, 1.807) is 4.90 Å². The van der Waals surface area contributed by atoms with Crippen LogP contribution >= 0.6 is 0 Å². The Hall–Kier alpha value is -1.88. The molecule has 1 aliphatic heterocycles. The van der Waals surface area contributed by atoms with Gasteiger partial charge in [0.1, 0.15) is 0 Å². The van der Waals surface area contributed by atoms with Crippen molar-refractivity contribution in [1.29, 1.82) is 0 Å². The van der Waals surface area contributed by atoms with Gasteiger partial charge < -0.3 is 15.3 Å². The maximum absolute atomic E-state index is 12.3. The summed E-state index contributed by atoms with van der Waals surface area (Å²) in [5.41, 5.74) is 3.19. The van der Waals surface area contributed by atoms with Crippen LogP contribution in [0.15, 0.2) is 18.2 Å². The molecule has 2 atom stereocenters. The fourth-order valence-electron chi connectivity index (χ4n) is 3.23. The van der Waals surface area contributed by atoms with Crippen molar-refractivity contribution >= 4 is 17.5 Å². The molecule has 130 valence electrons. The highest BCUT2D eigenvalue weighted by atomic mass is 16.3. The van der Waals surface area contributed by atoms with E-state index in [0.717, 1.165) is 24.1 Å². The van der Waals surface area contributed by atoms with Crippen LogP contribution < -0.4 is 10.2 Å². The number of nitrogens with one attached hydrogen (secondary N) is 1. The van der Waals surface area contributed by atoms with E-state index in [1.165, 1.54) is 5.56 Å². The number of nitrogens with zero attached hydrogens (tertiary/aromatic N) is 1. The number of aliphatic hydroxyl groups is 1. The molecule has 0 aromatic heterocycles. The first-order valence-electron chi connectivity index (χ1n) is 8.79. The monoisotopic (exact) mass is 330 g/mol. The number of amides is 2. The van der Waals surface area contributed by atoms with Gasteiger partial charge in [-0.25, -0.2) is 0 Å². The lowest BCUT2D eigenvalue weighted by molar-refractivity contribution is -0.126. The van der Waals surface area contributed by atoms with Gasteiger partial charge in [0.15, 0.2) is 0 Å². The average molecular weight is 330 g/mol. The Morgan fingerprint density at radius 2 is 2.08 bits per heavy atom. The van der Waals surface area contributed by atoms with Crippen LogP contribution in [0.5, 0.6) is 0 Å². The molecule has 0 unspecified atom stereocenters. The standard InChI is InChI=1S/C19H26N2O3/c1-12-3-6-16(9-13(12)2)21-11-15(10-18(21)23)19(24)20-8-7-17(22)14-4-5-14/h3,6,9,14-15,17,22H,4-5,7-8,10-11H2,1-2H3,(H,20,24)/t15-,17+/m0/s1. The van der Waals surface area contributed by atoms with Crippen LogP contribution in [0, 0.1) is 25.7 Å². The molecule has 0 spiro atoms. The molecule has 5 nitrogen and oxygen atoms in total. The first kappa shape index (κ1) is 17.0. The highest BCUT2D eigenvalue weighted by molar-refractivity contribution is 6.00. The molecular formula is C19H26N2O3. The van der Waals surface area contributed by atoms with Crippen LogP contribution in [0.3, 0.4) is 0 Å². The number of hydrogen-bond donors (Lipinski definition) is 2. The minimum atomic E-state index is -0.308. The molecule has 1 saturated carbocycles. The van der Waals surface area contributed by atoms with E-state index in [-0.39, 0.29) is 30.3 Å². The Morgan fingerprint density at radius 1 is 1.33 bits per heavy atom. The molecule has 1 saturated heterocycles. The van der Waals surface area contributed by atoms with Gasteiger partial charge in [0.2, 0.25) is 11.8 Å². The lowest BCUT2D eigenvalue weighted by Gasteiger charge is -2.18. The van der Waals surface area contributed by atoms with Gasteiger partial charge in [0.05, 0.1) is 12.0 Å². The number of carbonyl (C=O) groups excluding carboxylic acids is 2. The van der Waals surface area contributed by atoms with Crippen molar-refractivity contribution in [2.24, 2.45) is 11.8 Å². The number of benzene rings is 1. The molecule has 3 rings (SSSR count). The van der Waals surface area contributed by atoms with Crippen molar-refractivity contribution in [1.82, 2.24) is 5.32 Å². The van der Waals surface area contributed by atoms with E-state index in [4.69, 9.17) is 0 Å². The summed E-state index contributed by atoms with van der Waals surface area (Å²) in [6, 6.07) is 5.94. The van der Waals surface area contributed by atoms with E-state index in [9.17, 15) is 14.7 Å². The molecular weight excluding hydrogens is 304 g/mol. The molecule has 0 bridgehead atoms. The zero-order valence-corrected chi connectivity index (χ0v) is 14.4. The normalized spacial score (nSPS) is 21.9. The molecule has 1 heterocycles. The smallest absolute Gasteiger partial charge is 0.227 e. The minimum absolute atomic E-state index is 0.00332. The molecule has 2 aliphatic rings. The minimum Gasteiger partial charge on any atom is -0.393 e. The summed E-state index contributed by atoms with van der Waals surface area (Å²) in [5.74, 6) is 0.0292. The summed E-state index contributed by atoms with van der Waals surface area (Å²) < 4.78 is 0. The second-order valence-corrected chi connectivity index (χ2v) is 7.16. The van der Waals surface area contributed by atoms with E-state index in [1.807, 2.05) is 32.0 Å². The Morgan fingerprint density at radius 3 is 2.75 bits per heavy atom. The maximum Gasteiger partial charge on any atom is 0.227 e. The SMILES string of the molecule is Cc1ccc(N2C[C@@H](C(=O)NCC[C@@H](O)C3CC3)CC2=O)cc1C.